The fourth-order valence-corrected chi connectivity index (χ4v) is 11.4. The lowest BCUT2D eigenvalue weighted by atomic mass is 9.69. The first kappa shape index (κ1) is 32.2. The van der Waals surface area contributed by atoms with Crippen molar-refractivity contribution >= 4 is 22.2 Å². The highest BCUT2D eigenvalue weighted by Gasteiger charge is 2.42. The summed E-state index contributed by atoms with van der Waals surface area (Å²) >= 11 is 0. The molecule has 4 heteroatoms. The third kappa shape index (κ3) is 5.07. The molecule has 5 unspecified atom stereocenters. The van der Waals surface area contributed by atoms with Gasteiger partial charge in [0.15, 0.2) is 0 Å². The monoisotopic (exact) mass is 686 g/mol. The number of hydrogen-bond acceptors (Lipinski definition) is 4. The number of aryl methyl sites for hydroxylation is 2. The molecule has 2 N–H and O–H groups in total. The number of dihydropyridines is 1. The zero-order valence-electron chi connectivity index (χ0n) is 31.2. The largest absolute Gasteiger partial charge is 0.371 e. The van der Waals surface area contributed by atoms with Crippen molar-refractivity contribution in [3.63, 3.8) is 0 Å². The van der Waals surface area contributed by atoms with Gasteiger partial charge in [-0.15, -0.1) is 0 Å². The van der Waals surface area contributed by atoms with E-state index in [0.717, 1.165) is 38.5 Å². The maximum absolute atomic E-state index is 3.88. The van der Waals surface area contributed by atoms with E-state index in [2.05, 4.69) is 139 Å². The van der Waals surface area contributed by atoms with E-state index >= 15 is 0 Å². The van der Waals surface area contributed by atoms with Crippen molar-refractivity contribution in [2.24, 2.45) is 11.8 Å². The smallest absolute Gasteiger partial charge is 0.119 e. The molecular formula is C48H54N4. The summed E-state index contributed by atoms with van der Waals surface area (Å²) in [6.07, 6.45) is 42.5. The Labute approximate surface area is 310 Å². The van der Waals surface area contributed by atoms with Crippen LogP contribution < -0.4 is 15.5 Å². The zero-order chi connectivity index (χ0) is 34.9. The fourth-order valence-electron chi connectivity index (χ4n) is 11.4. The van der Waals surface area contributed by atoms with Gasteiger partial charge in [-0.3, -0.25) is 0 Å². The third-order valence-electron chi connectivity index (χ3n) is 13.7. The molecule has 266 valence electrons. The number of rotatable bonds is 6. The molecule has 7 atom stereocenters. The van der Waals surface area contributed by atoms with Gasteiger partial charge in [-0.25, -0.2) is 0 Å². The van der Waals surface area contributed by atoms with Crippen molar-refractivity contribution in [3.05, 3.63) is 142 Å². The second-order valence-electron chi connectivity index (χ2n) is 16.7. The van der Waals surface area contributed by atoms with Crippen molar-refractivity contribution in [2.75, 3.05) is 4.90 Å². The van der Waals surface area contributed by atoms with Gasteiger partial charge in [-0.2, -0.15) is 0 Å². The number of hydrogen-bond donors (Lipinski definition) is 2. The van der Waals surface area contributed by atoms with E-state index in [9.17, 15) is 0 Å². The molecule has 2 aromatic rings. The summed E-state index contributed by atoms with van der Waals surface area (Å²) in [7, 11) is 0. The van der Waals surface area contributed by atoms with Crippen LogP contribution in [0.2, 0.25) is 0 Å². The molecule has 2 aromatic carbocycles. The number of allylic oxidation sites excluding steroid dienone is 10. The van der Waals surface area contributed by atoms with Crippen LogP contribution >= 0.6 is 0 Å². The van der Waals surface area contributed by atoms with Crippen LogP contribution in [0.5, 0.6) is 0 Å². The highest BCUT2D eigenvalue weighted by atomic mass is 15.3. The number of nitrogens with one attached hydrogen (secondary N) is 2. The van der Waals surface area contributed by atoms with Crippen molar-refractivity contribution in [2.45, 2.75) is 115 Å². The average Bonchev–Trinajstić information content (AvgIpc) is 3.67. The maximum Gasteiger partial charge on any atom is 0.119 e. The summed E-state index contributed by atoms with van der Waals surface area (Å²) in [5.74, 6) is 1.56. The number of nitrogens with zero attached hydrogens (tertiary/aromatic N) is 2. The SMILES string of the molecule is Cc1cc(N(C2CCC=CN2)C2CC=CC3=C2C(C)CC=C3)c2c3c4c(ccc13)C(N(C1C=CC=CN1)[C@@H]1CCCC3=C1C=CC3)=C[C@H](C)C4CC2. The normalized spacial score (nSPS) is 31.0. The molecule has 0 bridgehead atoms. The Balaban J connectivity index is 1.17. The number of anilines is 1. The van der Waals surface area contributed by atoms with E-state index in [1.807, 2.05) is 0 Å². The molecule has 6 aliphatic carbocycles. The zero-order valence-corrected chi connectivity index (χ0v) is 31.2. The third-order valence-corrected chi connectivity index (χ3v) is 13.7. The lowest BCUT2D eigenvalue weighted by molar-refractivity contribution is 0.239. The first-order valence-electron chi connectivity index (χ1n) is 20.4. The van der Waals surface area contributed by atoms with Crippen molar-refractivity contribution in [3.8, 4) is 0 Å². The van der Waals surface area contributed by atoms with Crippen LogP contribution in [-0.4, -0.2) is 29.3 Å². The van der Waals surface area contributed by atoms with Gasteiger partial charge in [0.25, 0.3) is 0 Å². The minimum absolute atomic E-state index is 0.124. The predicted octanol–water partition coefficient (Wildman–Crippen LogP) is 10.5. The van der Waals surface area contributed by atoms with Gasteiger partial charge >= 0.3 is 0 Å². The van der Waals surface area contributed by atoms with Crippen LogP contribution in [0.25, 0.3) is 16.5 Å². The summed E-state index contributed by atoms with van der Waals surface area (Å²) in [5, 5.41) is 10.7. The molecule has 8 aliphatic rings. The predicted molar refractivity (Wildman–Crippen MR) is 218 cm³/mol. The van der Waals surface area contributed by atoms with Crippen LogP contribution in [0.3, 0.4) is 0 Å². The van der Waals surface area contributed by atoms with E-state index in [1.54, 1.807) is 33.2 Å². The molecule has 0 aromatic heterocycles. The Morgan fingerprint density at radius 2 is 1.73 bits per heavy atom. The van der Waals surface area contributed by atoms with Crippen molar-refractivity contribution in [1.29, 1.82) is 0 Å². The summed E-state index contributed by atoms with van der Waals surface area (Å²) in [6, 6.07) is 8.29. The lowest BCUT2D eigenvalue weighted by Gasteiger charge is -2.48. The number of benzene rings is 2. The minimum Gasteiger partial charge on any atom is -0.371 e. The first-order valence-corrected chi connectivity index (χ1v) is 20.4. The molecule has 10 rings (SSSR count). The van der Waals surface area contributed by atoms with Crippen LogP contribution in [0.4, 0.5) is 5.69 Å². The van der Waals surface area contributed by atoms with Gasteiger partial charge < -0.3 is 20.4 Å². The average molecular weight is 687 g/mol. The van der Waals surface area contributed by atoms with Gasteiger partial charge in [-0.1, -0.05) is 86.2 Å². The topological polar surface area (TPSA) is 30.5 Å². The Morgan fingerprint density at radius 3 is 2.58 bits per heavy atom. The molecule has 2 aliphatic heterocycles. The minimum atomic E-state index is 0.124. The summed E-state index contributed by atoms with van der Waals surface area (Å²) in [4.78, 5) is 5.64. The van der Waals surface area contributed by atoms with Crippen LogP contribution in [0.15, 0.2) is 120 Å². The molecule has 0 amide bonds. The molecule has 4 nitrogen and oxygen atoms in total. The molecule has 0 saturated heterocycles. The maximum atomic E-state index is 3.88. The van der Waals surface area contributed by atoms with E-state index in [1.165, 1.54) is 59.2 Å². The van der Waals surface area contributed by atoms with Crippen molar-refractivity contribution in [1.82, 2.24) is 15.5 Å². The Morgan fingerprint density at radius 1 is 0.827 bits per heavy atom. The van der Waals surface area contributed by atoms with E-state index in [0.29, 0.717) is 29.8 Å². The highest BCUT2D eigenvalue weighted by Crippen LogP contribution is 2.53. The lowest BCUT2D eigenvalue weighted by Crippen LogP contribution is -2.52. The van der Waals surface area contributed by atoms with E-state index in [4.69, 9.17) is 0 Å². The van der Waals surface area contributed by atoms with E-state index < -0.39 is 0 Å². The molecule has 0 fully saturated rings. The Kier molecular flexibility index (Phi) is 7.99. The summed E-state index contributed by atoms with van der Waals surface area (Å²) in [5.41, 5.74) is 15.3. The van der Waals surface area contributed by atoms with Gasteiger partial charge in [0.05, 0.1) is 18.2 Å². The summed E-state index contributed by atoms with van der Waals surface area (Å²) < 4.78 is 0. The van der Waals surface area contributed by atoms with Gasteiger partial charge in [-0.05, 0) is 164 Å². The highest BCUT2D eigenvalue weighted by molar-refractivity contribution is 6.00. The van der Waals surface area contributed by atoms with Crippen LogP contribution in [0, 0.1) is 18.8 Å². The Bertz CT molecular complexity index is 2090. The second-order valence-corrected chi connectivity index (χ2v) is 16.7. The summed E-state index contributed by atoms with van der Waals surface area (Å²) in [6.45, 7) is 7.33. The van der Waals surface area contributed by atoms with Gasteiger partial charge in [0.1, 0.15) is 6.17 Å². The van der Waals surface area contributed by atoms with Gasteiger partial charge in [0.2, 0.25) is 0 Å². The Hall–Kier alpha value is -4.44. The molecular weight excluding hydrogens is 633 g/mol. The fraction of sp³-hybridized carbons (Fsp3) is 0.417. The van der Waals surface area contributed by atoms with Crippen LogP contribution in [0.1, 0.15) is 99.8 Å². The standard InChI is InChI=1S/C48H54N4/c1-30-12-8-15-34-16-11-19-41(46(30)34)52(45-21-5-7-27-50-45)43-29-32(3)36-22-24-38-42(28-31(2)35-23-25-39(43)48(36)47(35)38)51(44-20-4-6-26-49-44)40-18-10-14-33-13-9-17-37(33)40/h4,6-9,11,15-17,20,22,24,26-31,35,40-41,44-45,49-50H,5,10,12-14,18-19,21,23,25H2,1-3H3/t30?,31-,35?,40+,41?,44?,45?/m0/s1. The first-order chi connectivity index (χ1) is 25.6. The van der Waals surface area contributed by atoms with E-state index in [-0.39, 0.29) is 12.3 Å². The van der Waals surface area contributed by atoms with Crippen LogP contribution in [-0.2, 0) is 6.42 Å². The quantitative estimate of drug-likeness (QED) is 0.317. The molecule has 0 radical (unpaired) electrons. The molecule has 0 spiro atoms. The second kappa shape index (κ2) is 12.9. The van der Waals surface area contributed by atoms with Crippen molar-refractivity contribution < 1.29 is 0 Å². The van der Waals surface area contributed by atoms with Gasteiger partial charge in [0, 0.05) is 16.9 Å². The molecule has 52 heavy (non-hydrogen) atoms. The molecule has 2 heterocycles. The molecule has 0 saturated carbocycles.